The minimum atomic E-state index is -3.98. The highest BCUT2D eigenvalue weighted by molar-refractivity contribution is 7.89. The topological polar surface area (TPSA) is 167 Å². The second-order valence-electron chi connectivity index (χ2n) is 9.48. The molecule has 204 valence electrons. The number of anilines is 4. The largest absolute Gasteiger partial charge is 0.339 e. The molecule has 0 spiro atoms. The fraction of sp³-hybridized carbons (Fsp3) is 0.231. The van der Waals surface area contributed by atoms with Gasteiger partial charge in [-0.25, -0.2) is 31.3 Å². The van der Waals surface area contributed by atoms with Gasteiger partial charge in [-0.2, -0.15) is 0 Å². The third-order valence-electron chi connectivity index (χ3n) is 6.78. The van der Waals surface area contributed by atoms with Gasteiger partial charge in [-0.05, 0) is 66.1 Å². The first-order chi connectivity index (χ1) is 18.5. The number of benzene rings is 2. The van der Waals surface area contributed by atoms with Crippen LogP contribution in [0.5, 0.6) is 0 Å². The molecule has 1 aliphatic heterocycles. The third-order valence-corrected chi connectivity index (χ3v) is 9.05. The lowest BCUT2D eigenvalue weighted by atomic mass is 9.90. The lowest BCUT2D eigenvalue weighted by Crippen LogP contribution is -2.37. The number of piperidine rings is 1. The van der Waals surface area contributed by atoms with E-state index in [0.717, 1.165) is 18.4 Å². The van der Waals surface area contributed by atoms with Crippen molar-refractivity contribution in [1.82, 2.24) is 14.3 Å². The van der Waals surface area contributed by atoms with E-state index in [1.807, 2.05) is 24.3 Å². The SMILES string of the molecule is CS(=O)(=O)N1CCC(c2ccc(Nc3nc(Nc4ccccc4S(N)(=O)=O)cc4cc[nH]c(=O)c34)cc2)CC1. The summed E-state index contributed by atoms with van der Waals surface area (Å²) in [5.41, 5.74) is 1.74. The first-order valence-electron chi connectivity index (χ1n) is 12.2. The molecule has 3 heterocycles. The van der Waals surface area contributed by atoms with Crippen LogP contribution in [0.3, 0.4) is 0 Å². The van der Waals surface area contributed by atoms with Crippen LogP contribution >= 0.6 is 0 Å². The van der Waals surface area contributed by atoms with Crippen LogP contribution < -0.4 is 21.3 Å². The number of pyridine rings is 2. The second kappa shape index (κ2) is 10.4. The maximum atomic E-state index is 12.7. The Bertz CT molecular complexity index is 1800. The molecular formula is C26H28N6O5S2. The highest BCUT2D eigenvalue weighted by Gasteiger charge is 2.25. The van der Waals surface area contributed by atoms with E-state index in [4.69, 9.17) is 5.14 Å². The number of fused-ring (bicyclic) bond motifs is 1. The van der Waals surface area contributed by atoms with Crippen LogP contribution in [-0.4, -0.2) is 50.5 Å². The Balaban J connectivity index is 1.42. The van der Waals surface area contributed by atoms with Crippen LogP contribution in [-0.2, 0) is 20.0 Å². The number of para-hydroxylation sites is 1. The molecule has 1 aliphatic rings. The molecule has 0 amide bonds. The van der Waals surface area contributed by atoms with Crippen LogP contribution in [0.2, 0.25) is 0 Å². The van der Waals surface area contributed by atoms with E-state index in [1.165, 1.54) is 22.8 Å². The molecule has 2 aromatic carbocycles. The Morgan fingerprint density at radius 3 is 2.33 bits per heavy atom. The molecule has 13 heteroatoms. The summed E-state index contributed by atoms with van der Waals surface area (Å²) in [4.78, 5) is 19.9. The van der Waals surface area contributed by atoms with Crippen LogP contribution in [0, 0.1) is 0 Å². The zero-order chi connectivity index (χ0) is 27.8. The normalized spacial score (nSPS) is 15.3. The quantitative estimate of drug-likeness (QED) is 0.264. The Labute approximate surface area is 226 Å². The van der Waals surface area contributed by atoms with Gasteiger partial charge in [0.2, 0.25) is 20.0 Å². The third kappa shape index (κ3) is 5.96. The van der Waals surface area contributed by atoms with Gasteiger partial charge in [-0.15, -0.1) is 0 Å². The van der Waals surface area contributed by atoms with Crippen molar-refractivity contribution in [3.63, 3.8) is 0 Å². The molecule has 1 fully saturated rings. The summed E-state index contributed by atoms with van der Waals surface area (Å²) in [6.45, 7) is 0.993. The summed E-state index contributed by atoms with van der Waals surface area (Å²) in [5, 5.41) is 12.5. The van der Waals surface area contributed by atoms with E-state index in [-0.39, 0.29) is 22.1 Å². The van der Waals surface area contributed by atoms with E-state index >= 15 is 0 Å². The predicted octanol–water partition coefficient (Wildman–Crippen LogP) is 3.20. The van der Waals surface area contributed by atoms with E-state index in [0.29, 0.717) is 41.2 Å². The molecule has 1 saturated heterocycles. The highest BCUT2D eigenvalue weighted by atomic mass is 32.2. The fourth-order valence-electron chi connectivity index (χ4n) is 4.82. The van der Waals surface area contributed by atoms with Crippen molar-refractivity contribution in [2.45, 2.75) is 23.7 Å². The summed E-state index contributed by atoms with van der Waals surface area (Å²) in [5.74, 6) is 0.866. The second-order valence-corrected chi connectivity index (χ2v) is 13.0. The molecule has 0 atom stereocenters. The summed E-state index contributed by atoms with van der Waals surface area (Å²) >= 11 is 0. The molecule has 5 rings (SSSR count). The van der Waals surface area contributed by atoms with Crippen molar-refractivity contribution in [2.24, 2.45) is 5.14 Å². The van der Waals surface area contributed by atoms with Crippen molar-refractivity contribution in [1.29, 1.82) is 0 Å². The molecule has 2 aromatic heterocycles. The van der Waals surface area contributed by atoms with Crippen molar-refractivity contribution in [3.05, 3.63) is 82.8 Å². The van der Waals surface area contributed by atoms with Gasteiger partial charge in [0, 0.05) is 25.0 Å². The van der Waals surface area contributed by atoms with Gasteiger partial charge in [0.25, 0.3) is 5.56 Å². The number of hydrogen-bond acceptors (Lipinski definition) is 8. The van der Waals surface area contributed by atoms with Gasteiger partial charge in [-0.3, -0.25) is 4.79 Å². The van der Waals surface area contributed by atoms with E-state index in [2.05, 4.69) is 20.6 Å². The van der Waals surface area contributed by atoms with Crippen LogP contribution in [0.4, 0.5) is 23.0 Å². The molecule has 0 bridgehead atoms. The number of nitrogens with zero attached hydrogens (tertiary/aromatic N) is 2. The van der Waals surface area contributed by atoms with Crippen LogP contribution in [0.15, 0.2) is 76.6 Å². The minimum Gasteiger partial charge on any atom is -0.339 e. The first kappa shape index (κ1) is 26.8. The zero-order valence-electron chi connectivity index (χ0n) is 21.1. The molecule has 0 aliphatic carbocycles. The molecule has 0 radical (unpaired) electrons. The van der Waals surface area contributed by atoms with Crippen LogP contribution in [0.1, 0.15) is 24.3 Å². The summed E-state index contributed by atoms with van der Waals surface area (Å²) in [6, 6.07) is 17.4. The monoisotopic (exact) mass is 568 g/mol. The number of aromatic amines is 1. The van der Waals surface area contributed by atoms with Crippen molar-refractivity contribution >= 4 is 53.8 Å². The molecule has 5 N–H and O–H groups in total. The van der Waals surface area contributed by atoms with E-state index < -0.39 is 20.0 Å². The molecule has 0 unspecified atom stereocenters. The number of H-pyrrole nitrogens is 1. The van der Waals surface area contributed by atoms with Crippen molar-refractivity contribution in [2.75, 3.05) is 30.0 Å². The maximum absolute atomic E-state index is 12.7. The average Bonchev–Trinajstić information content (AvgIpc) is 2.88. The Hall–Kier alpha value is -3.78. The Kier molecular flexibility index (Phi) is 7.16. The summed E-state index contributed by atoms with van der Waals surface area (Å²) < 4.78 is 49.2. The molecule has 39 heavy (non-hydrogen) atoms. The highest BCUT2D eigenvalue weighted by Crippen LogP contribution is 2.32. The summed E-state index contributed by atoms with van der Waals surface area (Å²) in [6.07, 6.45) is 4.25. The van der Waals surface area contributed by atoms with Gasteiger partial charge < -0.3 is 15.6 Å². The average molecular weight is 569 g/mol. The number of nitrogens with two attached hydrogens (primary N) is 1. The number of nitrogens with one attached hydrogen (secondary N) is 3. The van der Waals surface area contributed by atoms with E-state index in [1.54, 1.807) is 30.3 Å². The first-order valence-corrected chi connectivity index (χ1v) is 15.6. The molecular weight excluding hydrogens is 540 g/mol. The van der Waals surface area contributed by atoms with Gasteiger partial charge in [0.1, 0.15) is 16.5 Å². The maximum Gasteiger partial charge on any atom is 0.259 e. The van der Waals surface area contributed by atoms with Gasteiger partial charge in [0.15, 0.2) is 0 Å². The zero-order valence-corrected chi connectivity index (χ0v) is 22.7. The number of sulfonamides is 2. The van der Waals surface area contributed by atoms with E-state index in [9.17, 15) is 21.6 Å². The lowest BCUT2D eigenvalue weighted by Gasteiger charge is -2.30. The molecule has 11 nitrogen and oxygen atoms in total. The standard InChI is InChI=1S/C26H28N6O5S2/c1-38(34,35)32-14-11-18(12-15-32)17-6-8-20(9-7-17)29-25-24-19(10-13-28-26(24)33)16-23(31-25)30-21-4-2-3-5-22(21)39(27,36)37/h2-10,13,16,18H,11-12,14-15H2,1H3,(H,28,33)(H2,27,36,37)(H2,29,30,31). The summed E-state index contributed by atoms with van der Waals surface area (Å²) in [7, 11) is -7.16. The smallest absolute Gasteiger partial charge is 0.259 e. The molecule has 0 saturated carbocycles. The van der Waals surface area contributed by atoms with Crippen molar-refractivity contribution < 1.29 is 16.8 Å². The van der Waals surface area contributed by atoms with Gasteiger partial charge in [-0.1, -0.05) is 24.3 Å². The van der Waals surface area contributed by atoms with Gasteiger partial charge >= 0.3 is 0 Å². The predicted molar refractivity (Wildman–Crippen MR) is 152 cm³/mol. The number of primary sulfonamides is 1. The van der Waals surface area contributed by atoms with Crippen molar-refractivity contribution in [3.8, 4) is 0 Å². The van der Waals surface area contributed by atoms with Gasteiger partial charge in [0.05, 0.1) is 17.3 Å². The fourth-order valence-corrected chi connectivity index (χ4v) is 6.39. The number of aromatic nitrogens is 2. The van der Waals surface area contributed by atoms with Crippen LogP contribution in [0.25, 0.3) is 10.8 Å². The Morgan fingerprint density at radius 1 is 0.974 bits per heavy atom. The lowest BCUT2D eigenvalue weighted by molar-refractivity contribution is 0.321. The molecule has 4 aromatic rings. The number of hydrogen-bond donors (Lipinski definition) is 4. The number of rotatable bonds is 7. The Morgan fingerprint density at radius 2 is 1.67 bits per heavy atom. The minimum absolute atomic E-state index is 0.0785.